The number of carbonyl (C=O) groups excluding carboxylic acids is 1. The molecule has 164 valence electrons. The zero-order valence-corrected chi connectivity index (χ0v) is 19.6. The maximum Gasteiger partial charge on any atom is 0.282 e. The molecular weight excluding hydrogens is 455 g/mol. The smallest absolute Gasteiger partial charge is 0.282 e. The molecule has 2 heterocycles. The van der Waals surface area contributed by atoms with Gasteiger partial charge in [0, 0.05) is 29.1 Å². The van der Waals surface area contributed by atoms with Gasteiger partial charge in [0.05, 0.1) is 16.8 Å². The molecule has 0 aromatic heterocycles. The van der Waals surface area contributed by atoms with Gasteiger partial charge in [0.15, 0.2) is 0 Å². The second kappa shape index (κ2) is 9.78. The summed E-state index contributed by atoms with van der Waals surface area (Å²) in [5, 5.41) is 10.3. The van der Waals surface area contributed by atoms with Crippen LogP contribution in [-0.2, 0) is 4.79 Å². The lowest BCUT2D eigenvalue weighted by Gasteiger charge is -2.27. The zero-order valence-electron chi connectivity index (χ0n) is 17.3. The van der Waals surface area contributed by atoms with Gasteiger partial charge in [-0.2, -0.15) is 5.10 Å². The van der Waals surface area contributed by atoms with Crippen molar-refractivity contribution in [2.45, 2.75) is 38.6 Å². The van der Waals surface area contributed by atoms with Gasteiger partial charge < -0.3 is 0 Å². The summed E-state index contributed by atoms with van der Waals surface area (Å²) in [6.45, 7) is 3.74. The van der Waals surface area contributed by atoms with Gasteiger partial charge in [0.1, 0.15) is 5.71 Å². The number of hydrazine groups is 1. The molecule has 2 aliphatic heterocycles. The molecule has 2 aromatic rings. The molecule has 1 fully saturated rings. The van der Waals surface area contributed by atoms with Crippen molar-refractivity contribution >= 4 is 52.1 Å². The van der Waals surface area contributed by atoms with Crippen LogP contribution >= 0.6 is 34.8 Å². The minimum absolute atomic E-state index is 0.153. The summed E-state index contributed by atoms with van der Waals surface area (Å²) in [5.74, 6) is -0.319. The Morgan fingerprint density at radius 1 is 0.968 bits per heavy atom. The van der Waals surface area contributed by atoms with Gasteiger partial charge in [-0.15, -0.1) is 0 Å². The minimum atomic E-state index is -0.194. The fourth-order valence-electron chi connectivity index (χ4n) is 4.23. The number of anilines is 1. The van der Waals surface area contributed by atoms with E-state index in [0.29, 0.717) is 26.5 Å². The number of amides is 1. The van der Waals surface area contributed by atoms with Crippen molar-refractivity contribution < 1.29 is 4.79 Å². The van der Waals surface area contributed by atoms with Crippen molar-refractivity contribution in [3.63, 3.8) is 0 Å². The van der Waals surface area contributed by atoms with E-state index in [1.807, 2.05) is 47.3 Å². The second-order valence-corrected chi connectivity index (χ2v) is 9.33. The summed E-state index contributed by atoms with van der Waals surface area (Å²) in [6, 6.07) is 12.7. The molecular formula is C23H25Cl3N4O. The number of carbonyl (C=O) groups is 1. The minimum Gasteiger partial charge on any atom is -0.284 e. The molecule has 2 aliphatic rings. The fourth-order valence-corrected chi connectivity index (χ4v) is 4.85. The average molecular weight is 480 g/mol. The number of halogens is 3. The maximum absolute atomic E-state index is 13.2. The van der Waals surface area contributed by atoms with Crippen LogP contribution in [0, 0.1) is 5.92 Å². The van der Waals surface area contributed by atoms with Crippen LogP contribution in [0.2, 0.25) is 15.1 Å². The van der Waals surface area contributed by atoms with Gasteiger partial charge in [-0.1, -0.05) is 66.7 Å². The molecule has 0 radical (unpaired) electrons. The molecule has 2 atom stereocenters. The lowest BCUT2D eigenvalue weighted by atomic mass is 9.91. The van der Waals surface area contributed by atoms with Gasteiger partial charge in [-0.05, 0) is 48.7 Å². The molecule has 8 heteroatoms. The summed E-state index contributed by atoms with van der Waals surface area (Å²) in [6.07, 6.45) is 4.57. The van der Waals surface area contributed by atoms with E-state index in [0.717, 1.165) is 31.5 Å². The highest BCUT2D eigenvalue weighted by molar-refractivity contribution is 6.41. The summed E-state index contributed by atoms with van der Waals surface area (Å²) < 4.78 is 0. The number of benzene rings is 2. The molecule has 5 nitrogen and oxygen atoms in total. The van der Waals surface area contributed by atoms with E-state index in [-0.39, 0.29) is 17.9 Å². The Labute approximate surface area is 197 Å². The fraction of sp³-hybridized carbons (Fsp3) is 0.391. The van der Waals surface area contributed by atoms with Crippen LogP contribution in [0.5, 0.6) is 0 Å². The first kappa shape index (κ1) is 22.4. The maximum atomic E-state index is 13.2. The number of nitrogens with zero attached hydrogens (tertiary/aromatic N) is 3. The molecule has 0 unspecified atom stereocenters. The Kier molecular flexibility index (Phi) is 7.07. The molecule has 1 amide bonds. The summed E-state index contributed by atoms with van der Waals surface area (Å²) >= 11 is 18.7. The first-order valence-corrected chi connectivity index (χ1v) is 11.7. The van der Waals surface area contributed by atoms with Crippen molar-refractivity contribution in [2.24, 2.45) is 11.0 Å². The van der Waals surface area contributed by atoms with Crippen LogP contribution < -0.4 is 10.4 Å². The molecule has 1 saturated heterocycles. The average Bonchev–Trinajstić information content (AvgIpc) is 2.89. The molecule has 0 saturated carbocycles. The number of hydrogen-bond donors (Lipinski definition) is 1. The number of hydrazone groups is 1. The molecule has 2 aromatic carbocycles. The van der Waals surface area contributed by atoms with Gasteiger partial charge in [0.25, 0.3) is 5.91 Å². The van der Waals surface area contributed by atoms with Crippen LogP contribution in [0.15, 0.2) is 47.6 Å². The highest BCUT2D eigenvalue weighted by Crippen LogP contribution is 2.42. The molecule has 1 N–H and O–H groups in total. The van der Waals surface area contributed by atoms with Crippen molar-refractivity contribution in [1.29, 1.82) is 0 Å². The van der Waals surface area contributed by atoms with E-state index >= 15 is 0 Å². The normalized spacial score (nSPS) is 22.2. The Morgan fingerprint density at radius 2 is 1.61 bits per heavy atom. The highest BCUT2D eigenvalue weighted by Gasteiger charge is 2.40. The van der Waals surface area contributed by atoms with Gasteiger partial charge in [-0.3, -0.25) is 15.2 Å². The van der Waals surface area contributed by atoms with Crippen molar-refractivity contribution in [3.8, 4) is 0 Å². The zero-order chi connectivity index (χ0) is 22.0. The third-order valence-electron chi connectivity index (χ3n) is 5.85. The van der Waals surface area contributed by atoms with E-state index < -0.39 is 0 Å². The topological polar surface area (TPSA) is 47.9 Å². The Bertz CT molecular complexity index is 971. The monoisotopic (exact) mass is 478 g/mol. The second-order valence-electron chi connectivity index (χ2n) is 8.05. The lowest BCUT2D eigenvalue weighted by molar-refractivity contribution is -0.119. The van der Waals surface area contributed by atoms with Crippen molar-refractivity contribution in [2.75, 3.05) is 18.1 Å². The van der Waals surface area contributed by atoms with E-state index in [4.69, 9.17) is 39.9 Å². The van der Waals surface area contributed by atoms with Crippen LogP contribution in [-0.4, -0.2) is 29.7 Å². The summed E-state index contributed by atoms with van der Waals surface area (Å²) in [4.78, 5) is 13.2. The number of nitrogens with one attached hydrogen (secondary N) is 1. The Balaban J connectivity index is 1.66. The van der Waals surface area contributed by atoms with Crippen LogP contribution in [0.25, 0.3) is 0 Å². The van der Waals surface area contributed by atoms with E-state index in [1.54, 1.807) is 12.1 Å². The first-order chi connectivity index (χ1) is 14.9. The number of rotatable bonds is 4. The summed E-state index contributed by atoms with van der Waals surface area (Å²) in [7, 11) is 0. The Hall–Kier alpha value is -1.79. The van der Waals surface area contributed by atoms with Crippen molar-refractivity contribution in [3.05, 3.63) is 63.1 Å². The van der Waals surface area contributed by atoms with E-state index in [9.17, 15) is 4.79 Å². The number of hydrogen-bond acceptors (Lipinski definition) is 4. The van der Waals surface area contributed by atoms with Crippen molar-refractivity contribution in [1.82, 2.24) is 10.4 Å². The van der Waals surface area contributed by atoms with Gasteiger partial charge in [0.2, 0.25) is 0 Å². The first-order valence-electron chi connectivity index (χ1n) is 10.6. The molecule has 4 rings (SSSR count). The van der Waals surface area contributed by atoms with Gasteiger partial charge in [-0.25, -0.2) is 5.01 Å². The van der Waals surface area contributed by atoms with E-state index in [1.165, 1.54) is 12.8 Å². The third-order valence-corrected chi connectivity index (χ3v) is 6.64. The van der Waals surface area contributed by atoms with Gasteiger partial charge >= 0.3 is 0 Å². The predicted molar refractivity (Wildman–Crippen MR) is 128 cm³/mol. The standard InChI is InChI=1S/C23H25Cl3N4O/c1-15-21(23(31)28-29-12-4-2-3-5-13-29)27-30(20-11-10-18(25)14-19(20)26)22(15)16-6-8-17(24)9-7-16/h6-11,14-15,22H,2-5,12-13H2,1H3,(H,28,31)/t15-,22-/m1/s1. The summed E-state index contributed by atoms with van der Waals surface area (Å²) in [5.41, 5.74) is 5.26. The van der Waals surface area contributed by atoms with Crippen LogP contribution in [0.4, 0.5) is 5.69 Å². The molecule has 0 bridgehead atoms. The molecule has 0 spiro atoms. The SMILES string of the molecule is C[C@@H]1C(C(=O)NN2CCCCCC2)=NN(c2ccc(Cl)cc2Cl)[C@H]1c1ccc(Cl)cc1. The van der Waals surface area contributed by atoms with Crippen LogP contribution in [0.3, 0.4) is 0 Å². The van der Waals surface area contributed by atoms with E-state index in [2.05, 4.69) is 5.43 Å². The lowest BCUT2D eigenvalue weighted by Crippen LogP contribution is -2.46. The largest absolute Gasteiger partial charge is 0.284 e. The predicted octanol–water partition coefficient (Wildman–Crippen LogP) is 6.11. The quantitative estimate of drug-likeness (QED) is 0.576. The highest BCUT2D eigenvalue weighted by atomic mass is 35.5. The molecule has 31 heavy (non-hydrogen) atoms. The van der Waals surface area contributed by atoms with Crippen LogP contribution in [0.1, 0.15) is 44.2 Å². The Morgan fingerprint density at radius 3 is 2.26 bits per heavy atom. The molecule has 0 aliphatic carbocycles. The third kappa shape index (κ3) is 5.01.